The zero-order valence-corrected chi connectivity index (χ0v) is 10.7. The van der Waals surface area contributed by atoms with E-state index in [-0.39, 0.29) is 11.6 Å². The van der Waals surface area contributed by atoms with E-state index >= 15 is 0 Å². The maximum Gasteiger partial charge on any atom is 0.149 e. The fourth-order valence-corrected chi connectivity index (χ4v) is 2.59. The van der Waals surface area contributed by atoms with Crippen molar-refractivity contribution in [1.29, 1.82) is 0 Å². The van der Waals surface area contributed by atoms with Crippen molar-refractivity contribution in [2.75, 3.05) is 0 Å². The predicted octanol–water partition coefficient (Wildman–Crippen LogP) is 4.71. The minimum absolute atomic E-state index is 0.150. The number of phenols is 1. The van der Waals surface area contributed by atoms with Crippen LogP contribution >= 0.6 is 15.9 Å². The molecule has 0 saturated carbocycles. The Morgan fingerprint density at radius 3 is 2.44 bits per heavy atom. The lowest BCUT2D eigenvalue weighted by atomic mass is 10.1. The molecule has 1 heterocycles. The summed E-state index contributed by atoms with van der Waals surface area (Å²) in [5.74, 6) is 0.428. The van der Waals surface area contributed by atoms with Crippen LogP contribution in [0.15, 0.2) is 51.4 Å². The van der Waals surface area contributed by atoms with Crippen molar-refractivity contribution in [1.82, 2.24) is 0 Å². The van der Waals surface area contributed by atoms with Crippen LogP contribution in [0.1, 0.15) is 0 Å². The van der Waals surface area contributed by atoms with E-state index in [1.54, 1.807) is 30.3 Å². The van der Waals surface area contributed by atoms with Crippen LogP contribution in [0.3, 0.4) is 0 Å². The largest absolute Gasteiger partial charge is 0.507 e. The molecule has 0 aliphatic heterocycles. The van der Waals surface area contributed by atoms with Crippen LogP contribution in [0.4, 0.5) is 4.39 Å². The molecule has 2 aromatic carbocycles. The SMILES string of the molecule is Oc1cccc2oc(-c3ccc(F)cc3)c(Br)c12. The van der Waals surface area contributed by atoms with Crippen LogP contribution in [0.5, 0.6) is 5.75 Å². The molecule has 2 nitrogen and oxygen atoms in total. The van der Waals surface area contributed by atoms with Gasteiger partial charge in [0.1, 0.15) is 22.9 Å². The van der Waals surface area contributed by atoms with Gasteiger partial charge in [0.05, 0.1) is 9.86 Å². The maximum atomic E-state index is 12.9. The summed E-state index contributed by atoms with van der Waals surface area (Å²) in [5, 5.41) is 10.4. The van der Waals surface area contributed by atoms with Gasteiger partial charge >= 0.3 is 0 Å². The molecule has 0 saturated heterocycles. The monoisotopic (exact) mass is 306 g/mol. The molecule has 0 spiro atoms. The average molecular weight is 307 g/mol. The Hall–Kier alpha value is -1.81. The van der Waals surface area contributed by atoms with Gasteiger partial charge in [0.2, 0.25) is 0 Å². The minimum Gasteiger partial charge on any atom is -0.507 e. The topological polar surface area (TPSA) is 33.4 Å². The van der Waals surface area contributed by atoms with Gasteiger partial charge in [0.25, 0.3) is 0 Å². The Labute approximate surface area is 111 Å². The van der Waals surface area contributed by atoms with Gasteiger partial charge in [-0.15, -0.1) is 0 Å². The van der Waals surface area contributed by atoms with E-state index in [2.05, 4.69) is 15.9 Å². The molecule has 90 valence electrons. The van der Waals surface area contributed by atoms with Crippen LogP contribution in [0, 0.1) is 5.82 Å². The Morgan fingerprint density at radius 2 is 1.78 bits per heavy atom. The summed E-state index contributed by atoms with van der Waals surface area (Å²) in [6, 6.07) is 11.1. The fraction of sp³-hybridized carbons (Fsp3) is 0. The van der Waals surface area contributed by atoms with Crippen molar-refractivity contribution in [3.8, 4) is 17.1 Å². The van der Waals surface area contributed by atoms with Crippen LogP contribution in [0.25, 0.3) is 22.3 Å². The molecule has 4 heteroatoms. The van der Waals surface area contributed by atoms with Crippen LogP contribution in [-0.2, 0) is 0 Å². The molecule has 1 aromatic heterocycles. The number of halogens is 2. The maximum absolute atomic E-state index is 12.9. The first-order valence-electron chi connectivity index (χ1n) is 5.33. The highest BCUT2D eigenvalue weighted by molar-refractivity contribution is 9.10. The summed E-state index contributed by atoms with van der Waals surface area (Å²) in [4.78, 5) is 0. The molecule has 0 atom stereocenters. The van der Waals surface area contributed by atoms with Gasteiger partial charge in [0.15, 0.2) is 0 Å². The van der Waals surface area contributed by atoms with E-state index in [1.165, 1.54) is 12.1 Å². The zero-order valence-electron chi connectivity index (χ0n) is 9.15. The Balaban J connectivity index is 2.27. The molecule has 0 aliphatic carbocycles. The zero-order chi connectivity index (χ0) is 12.7. The Kier molecular flexibility index (Phi) is 2.59. The minimum atomic E-state index is -0.297. The summed E-state index contributed by atoms with van der Waals surface area (Å²) < 4.78 is 19.2. The van der Waals surface area contributed by atoms with Crippen molar-refractivity contribution in [2.24, 2.45) is 0 Å². The van der Waals surface area contributed by atoms with Gasteiger partial charge in [-0.2, -0.15) is 0 Å². The fourth-order valence-electron chi connectivity index (χ4n) is 1.88. The van der Waals surface area contributed by atoms with Gasteiger partial charge in [-0.25, -0.2) is 4.39 Å². The Morgan fingerprint density at radius 1 is 1.06 bits per heavy atom. The van der Waals surface area contributed by atoms with E-state index in [4.69, 9.17) is 4.42 Å². The molecule has 0 amide bonds. The average Bonchev–Trinajstić information content (AvgIpc) is 2.69. The number of benzene rings is 2. The van der Waals surface area contributed by atoms with Gasteiger partial charge < -0.3 is 9.52 Å². The standard InChI is InChI=1S/C14H8BrFO2/c15-13-12-10(17)2-1-3-11(12)18-14(13)8-4-6-9(16)7-5-8/h1-7,17H. The highest BCUT2D eigenvalue weighted by Gasteiger charge is 2.16. The number of rotatable bonds is 1. The van der Waals surface area contributed by atoms with Gasteiger partial charge in [-0.1, -0.05) is 6.07 Å². The highest BCUT2D eigenvalue weighted by atomic mass is 79.9. The summed E-state index contributed by atoms with van der Waals surface area (Å²) in [7, 11) is 0. The third kappa shape index (κ3) is 1.69. The smallest absolute Gasteiger partial charge is 0.149 e. The first-order valence-corrected chi connectivity index (χ1v) is 6.12. The van der Waals surface area contributed by atoms with Crippen molar-refractivity contribution < 1.29 is 13.9 Å². The van der Waals surface area contributed by atoms with Crippen LogP contribution < -0.4 is 0 Å². The quantitative estimate of drug-likeness (QED) is 0.706. The summed E-state index contributed by atoms with van der Waals surface area (Å²) >= 11 is 3.41. The van der Waals surface area contributed by atoms with Gasteiger partial charge in [0, 0.05) is 5.56 Å². The normalized spacial score (nSPS) is 11.0. The summed E-state index contributed by atoms with van der Waals surface area (Å²) in [6.45, 7) is 0. The van der Waals surface area contributed by atoms with Gasteiger partial charge in [-0.3, -0.25) is 0 Å². The molecule has 3 aromatic rings. The van der Waals surface area contributed by atoms with E-state index < -0.39 is 0 Å². The number of fused-ring (bicyclic) bond motifs is 1. The lowest BCUT2D eigenvalue weighted by Crippen LogP contribution is -1.76. The second kappa shape index (κ2) is 4.14. The van der Waals surface area contributed by atoms with E-state index in [0.29, 0.717) is 21.2 Å². The van der Waals surface area contributed by atoms with Crippen molar-refractivity contribution in [2.45, 2.75) is 0 Å². The first-order chi connectivity index (χ1) is 8.66. The first kappa shape index (κ1) is 11.3. The predicted molar refractivity (Wildman–Crippen MR) is 71.0 cm³/mol. The lowest BCUT2D eigenvalue weighted by Gasteiger charge is -1.97. The lowest BCUT2D eigenvalue weighted by molar-refractivity contribution is 0.481. The molecule has 1 N–H and O–H groups in total. The molecular formula is C14H8BrFO2. The van der Waals surface area contributed by atoms with E-state index in [9.17, 15) is 9.50 Å². The second-order valence-corrected chi connectivity index (χ2v) is 4.70. The number of aromatic hydroxyl groups is 1. The molecule has 0 fully saturated rings. The number of phenolic OH excluding ortho intramolecular Hbond substituents is 1. The molecule has 0 bridgehead atoms. The molecule has 0 radical (unpaired) electrons. The van der Waals surface area contributed by atoms with Crippen LogP contribution in [0.2, 0.25) is 0 Å². The third-order valence-electron chi connectivity index (χ3n) is 2.74. The van der Waals surface area contributed by atoms with Crippen molar-refractivity contribution in [3.63, 3.8) is 0 Å². The summed E-state index contributed by atoms with van der Waals surface area (Å²) in [6.07, 6.45) is 0. The Bertz CT molecular complexity index is 716. The van der Waals surface area contributed by atoms with Crippen LogP contribution in [-0.4, -0.2) is 5.11 Å². The molecule has 0 aliphatic rings. The number of furan rings is 1. The highest BCUT2D eigenvalue weighted by Crippen LogP contribution is 2.41. The van der Waals surface area contributed by atoms with Crippen molar-refractivity contribution in [3.05, 3.63) is 52.8 Å². The number of hydrogen-bond acceptors (Lipinski definition) is 2. The molecule has 18 heavy (non-hydrogen) atoms. The molecule has 3 rings (SSSR count). The van der Waals surface area contributed by atoms with E-state index in [0.717, 1.165) is 5.56 Å². The molecule has 0 unspecified atom stereocenters. The third-order valence-corrected chi connectivity index (χ3v) is 3.50. The number of hydrogen-bond donors (Lipinski definition) is 1. The second-order valence-electron chi connectivity index (χ2n) is 3.90. The van der Waals surface area contributed by atoms with Crippen molar-refractivity contribution >= 4 is 26.9 Å². The molecular weight excluding hydrogens is 299 g/mol. The summed E-state index contributed by atoms with van der Waals surface area (Å²) in [5.41, 5.74) is 1.33. The van der Waals surface area contributed by atoms with Gasteiger partial charge in [-0.05, 0) is 52.3 Å². The van der Waals surface area contributed by atoms with E-state index in [1.807, 2.05) is 0 Å².